The molecule has 2 rings (SSSR count). The molecule has 0 spiro atoms. The van der Waals surface area contributed by atoms with E-state index in [4.69, 9.17) is 9.47 Å². The average molecular weight is 277 g/mol. The molecule has 0 unspecified atom stereocenters. The summed E-state index contributed by atoms with van der Waals surface area (Å²) in [6.07, 6.45) is 6.57. The third kappa shape index (κ3) is 3.81. The predicted octanol–water partition coefficient (Wildman–Crippen LogP) is 4.47. The van der Waals surface area contributed by atoms with Crippen molar-refractivity contribution in [3.8, 4) is 11.5 Å². The van der Waals surface area contributed by atoms with E-state index in [1.165, 1.54) is 32.1 Å². The van der Waals surface area contributed by atoms with Gasteiger partial charge in [0, 0.05) is 17.8 Å². The second-order valence-corrected chi connectivity index (χ2v) is 5.57. The summed E-state index contributed by atoms with van der Waals surface area (Å²) in [5.41, 5.74) is 1.13. The zero-order valence-corrected chi connectivity index (χ0v) is 12.9. The van der Waals surface area contributed by atoms with E-state index < -0.39 is 0 Å². The molecule has 0 aromatic heterocycles. The van der Waals surface area contributed by atoms with Gasteiger partial charge in [-0.15, -0.1) is 0 Å². The molecule has 0 bridgehead atoms. The molecule has 0 saturated heterocycles. The number of nitrogens with one attached hydrogen (secondary N) is 1. The van der Waals surface area contributed by atoms with Gasteiger partial charge in [0.2, 0.25) is 0 Å². The van der Waals surface area contributed by atoms with Crippen LogP contribution in [0.3, 0.4) is 0 Å². The number of ether oxygens (including phenoxy) is 2. The Bertz CT molecular complexity index is 411. The fourth-order valence-corrected chi connectivity index (χ4v) is 2.99. The lowest BCUT2D eigenvalue weighted by Crippen LogP contribution is -2.25. The molecule has 20 heavy (non-hydrogen) atoms. The van der Waals surface area contributed by atoms with Gasteiger partial charge in [0.05, 0.1) is 13.7 Å². The highest BCUT2D eigenvalue weighted by molar-refractivity contribution is 5.55. The molecule has 1 aliphatic carbocycles. The quantitative estimate of drug-likeness (QED) is 0.832. The average Bonchev–Trinajstić information content (AvgIpc) is 2.49. The van der Waals surface area contributed by atoms with E-state index in [2.05, 4.69) is 18.3 Å². The van der Waals surface area contributed by atoms with Crippen LogP contribution in [0.1, 0.15) is 46.0 Å². The molecule has 0 atom stereocenters. The highest BCUT2D eigenvalue weighted by atomic mass is 16.5. The van der Waals surface area contributed by atoms with Crippen LogP contribution in [0.25, 0.3) is 0 Å². The normalized spacial score (nSPS) is 22.4. The summed E-state index contributed by atoms with van der Waals surface area (Å²) >= 11 is 0. The Hall–Kier alpha value is -1.38. The van der Waals surface area contributed by atoms with Crippen molar-refractivity contribution in [1.82, 2.24) is 0 Å². The second-order valence-electron chi connectivity index (χ2n) is 5.57. The fourth-order valence-electron chi connectivity index (χ4n) is 2.99. The molecule has 3 nitrogen and oxygen atoms in total. The first kappa shape index (κ1) is 15.0. The van der Waals surface area contributed by atoms with Crippen LogP contribution < -0.4 is 14.8 Å². The Kier molecular flexibility index (Phi) is 5.57. The first-order valence-electron chi connectivity index (χ1n) is 7.84. The van der Waals surface area contributed by atoms with Crippen molar-refractivity contribution in [3.63, 3.8) is 0 Å². The maximum atomic E-state index is 5.63. The van der Waals surface area contributed by atoms with Crippen LogP contribution in [0.5, 0.6) is 11.5 Å². The van der Waals surface area contributed by atoms with Crippen LogP contribution in [0.2, 0.25) is 0 Å². The van der Waals surface area contributed by atoms with E-state index in [1.807, 2.05) is 19.1 Å². The van der Waals surface area contributed by atoms with Crippen molar-refractivity contribution in [1.29, 1.82) is 0 Å². The number of hydrogen-bond acceptors (Lipinski definition) is 3. The van der Waals surface area contributed by atoms with Gasteiger partial charge in [-0.2, -0.15) is 0 Å². The summed E-state index contributed by atoms with van der Waals surface area (Å²) in [7, 11) is 1.68. The van der Waals surface area contributed by atoms with Crippen LogP contribution in [0.15, 0.2) is 18.2 Å². The summed E-state index contributed by atoms with van der Waals surface area (Å²) in [5, 5.41) is 3.64. The Morgan fingerprint density at radius 2 is 1.85 bits per heavy atom. The van der Waals surface area contributed by atoms with Crippen LogP contribution in [-0.2, 0) is 0 Å². The summed E-state index contributed by atoms with van der Waals surface area (Å²) in [4.78, 5) is 0. The van der Waals surface area contributed by atoms with Gasteiger partial charge in [0.1, 0.15) is 0 Å². The van der Waals surface area contributed by atoms with Gasteiger partial charge < -0.3 is 14.8 Å². The van der Waals surface area contributed by atoms with E-state index in [0.717, 1.165) is 23.1 Å². The Morgan fingerprint density at radius 3 is 2.45 bits per heavy atom. The largest absolute Gasteiger partial charge is 0.493 e. The Balaban J connectivity index is 1.97. The van der Waals surface area contributed by atoms with E-state index in [9.17, 15) is 0 Å². The molecule has 1 N–H and O–H groups in total. The van der Waals surface area contributed by atoms with Crippen molar-refractivity contribution < 1.29 is 9.47 Å². The lowest BCUT2D eigenvalue weighted by molar-refractivity contribution is 0.310. The number of anilines is 1. The molecule has 1 saturated carbocycles. The minimum atomic E-state index is 0.598. The predicted molar refractivity (Wildman–Crippen MR) is 83.8 cm³/mol. The molecule has 0 heterocycles. The van der Waals surface area contributed by atoms with Crippen LogP contribution in [0, 0.1) is 5.92 Å². The van der Waals surface area contributed by atoms with Crippen molar-refractivity contribution in [2.24, 2.45) is 5.92 Å². The van der Waals surface area contributed by atoms with Gasteiger partial charge >= 0.3 is 0 Å². The number of rotatable bonds is 6. The van der Waals surface area contributed by atoms with Crippen molar-refractivity contribution in [2.75, 3.05) is 19.0 Å². The lowest BCUT2D eigenvalue weighted by atomic mass is 9.84. The third-order valence-electron chi connectivity index (χ3n) is 4.26. The van der Waals surface area contributed by atoms with Crippen molar-refractivity contribution in [3.05, 3.63) is 18.2 Å². The lowest BCUT2D eigenvalue weighted by Gasteiger charge is -2.29. The van der Waals surface area contributed by atoms with Crippen molar-refractivity contribution in [2.45, 2.75) is 52.0 Å². The first-order valence-corrected chi connectivity index (χ1v) is 7.84. The monoisotopic (exact) mass is 277 g/mol. The molecule has 112 valence electrons. The van der Waals surface area contributed by atoms with Gasteiger partial charge in [-0.1, -0.05) is 13.3 Å². The molecule has 3 heteroatoms. The Morgan fingerprint density at radius 1 is 1.10 bits per heavy atom. The summed E-state index contributed by atoms with van der Waals surface area (Å²) in [6.45, 7) is 4.95. The standard InChI is InChI=1S/C17H27NO2/c1-4-13-6-8-14(9-7-13)18-15-10-11-16(19-3)17(12-15)20-5-2/h10-14,18H,4-9H2,1-3H3. The van der Waals surface area contributed by atoms with Crippen LogP contribution in [0.4, 0.5) is 5.69 Å². The molecule has 0 radical (unpaired) electrons. The van der Waals surface area contributed by atoms with Crippen LogP contribution in [-0.4, -0.2) is 19.8 Å². The maximum absolute atomic E-state index is 5.63. The van der Waals surface area contributed by atoms with E-state index >= 15 is 0 Å². The van der Waals surface area contributed by atoms with Gasteiger partial charge in [0.15, 0.2) is 11.5 Å². The molecule has 1 fully saturated rings. The molecule has 0 amide bonds. The number of methoxy groups -OCH3 is 1. The maximum Gasteiger partial charge on any atom is 0.163 e. The highest BCUT2D eigenvalue weighted by Crippen LogP contribution is 2.33. The molecule has 1 aromatic rings. The third-order valence-corrected chi connectivity index (χ3v) is 4.26. The summed E-state index contributed by atoms with van der Waals surface area (Å²) in [5.74, 6) is 2.55. The minimum absolute atomic E-state index is 0.598. The highest BCUT2D eigenvalue weighted by Gasteiger charge is 2.20. The van der Waals surface area contributed by atoms with E-state index in [0.29, 0.717) is 12.6 Å². The van der Waals surface area contributed by atoms with Gasteiger partial charge in [-0.3, -0.25) is 0 Å². The minimum Gasteiger partial charge on any atom is -0.493 e. The summed E-state index contributed by atoms with van der Waals surface area (Å²) < 4.78 is 10.9. The molecular weight excluding hydrogens is 250 g/mol. The van der Waals surface area contributed by atoms with Gasteiger partial charge in [0.25, 0.3) is 0 Å². The number of hydrogen-bond donors (Lipinski definition) is 1. The van der Waals surface area contributed by atoms with Crippen molar-refractivity contribution >= 4 is 5.69 Å². The van der Waals surface area contributed by atoms with Gasteiger partial charge in [-0.25, -0.2) is 0 Å². The molecular formula is C17H27NO2. The van der Waals surface area contributed by atoms with Crippen LogP contribution >= 0.6 is 0 Å². The Labute approximate surface area is 122 Å². The first-order chi connectivity index (χ1) is 9.76. The van der Waals surface area contributed by atoms with Gasteiger partial charge in [-0.05, 0) is 50.7 Å². The molecule has 1 aromatic carbocycles. The SMILES string of the molecule is CCOc1cc(NC2CCC(CC)CC2)ccc1OC. The second kappa shape index (κ2) is 7.41. The topological polar surface area (TPSA) is 30.5 Å². The molecule has 0 aliphatic heterocycles. The molecule has 1 aliphatic rings. The summed E-state index contributed by atoms with van der Waals surface area (Å²) in [6, 6.07) is 6.70. The van der Waals surface area contributed by atoms with E-state index in [-0.39, 0.29) is 0 Å². The number of benzene rings is 1. The van der Waals surface area contributed by atoms with E-state index in [1.54, 1.807) is 7.11 Å². The zero-order chi connectivity index (χ0) is 14.4. The fraction of sp³-hybridized carbons (Fsp3) is 0.647. The smallest absolute Gasteiger partial charge is 0.163 e. The zero-order valence-electron chi connectivity index (χ0n) is 12.9.